The molecule has 0 saturated carbocycles. The standard InChI is InChI=1S/C6H3Br2F.C6H6.4FH/c7-4-2-1-3-5(9)6(4)8;1-2-4-6-5-3-1;;;;/h1-3H;1-6H;4*1H. The topological polar surface area (TPSA) is 0 Å². The van der Waals surface area contributed by atoms with Crippen LogP contribution in [0.2, 0.25) is 0 Å². The average molecular weight is 412 g/mol. The molecule has 19 heavy (non-hydrogen) atoms. The minimum atomic E-state index is -0.246. The minimum absolute atomic E-state index is 0. The lowest BCUT2D eigenvalue weighted by molar-refractivity contribution is 0.620. The summed E-state index contributed by atoms with van der Waals surface area (Å²) in [6.07, 6.45) is 0. The molecular weight excluding hydrogens is 399 g/mol. The average Bonchev–Trinajstić information content (AvgIpc) is 2.29. The van der Waals surface area contributed by atoms with Gasteiger partial charge in [0, 0.05) is 4.47 Å². The molecule has 0 radical (unpaired) electrons. The van der Waals surface area contributed by atoms with Gasteiger partial charge in [-0.2, -0.15) is 0 Å². The summed E-state index contributed by atoms with van der Waals surface area (Å²) in [5.74, 6) is -0.246. The molecule has 0 aliphatic heterocycles. The number of halogens is 7. The first kappa shape index (κ1) is 26.6. The fraction of sp³-hybridized carbons (Fsp3) is 0. The van der Waals surface area contributed by atoms with Gasteiger partial charge in [-0.3, -0.25) is 18.8 Å². The van der Waals surface area contributed by atoms with Crippen LogP contribution in [-0.4, -0.2) is 0 Å². The number of hydrogen-bond donors (Lipinski definition) is 0. The molecule has 0 aromatic heterocycles. The predicted molar refractivity (Wildman–Crippen MR) is 78.3 cm³/mol. The summed E-state index contributed by atoms with van der Waals surface area (Å²) in [6, 6.07) is 16.8. The van der Waals surface area contributed by atoms with Crippen LogP contribution >= 0.6 is 31.9 Å². The zero-order valence-corrected chi connectivity index (χ0v) is 12.6. The first-order chi connectivity index (χ1) is 7.22. The van der Waals surface area contributed by atoms with E-state index in [2.05, 4.69) is 31.9 Å². The fourth-order valence-corrected chi connectivity index (χ4v) is 1.47. The van der Waals surface area contributed by atoms with E-state index in [4.69, 9.17) is 0 Å². The molecule has 2 aromatic carbocycles. The van der Waals surface area contributed by atoms with Gasteiger partial charge in [0.1, 0.15) is 5.82 Å². The van der Waals surface area contributed by atoms with Gasteiger partial charge in [0.15, 0.2) is 0 Å². The Morgan fingerprint density at radius 2 is 1.00 bits per heavy atom. The Morgan fingerprint density at radius 1 is 0.632 bits per heavy atom. The van der Waals surface area contributed by atoms with Crippen molar-refractivity contribution in [1.82, 2.24) is 0 Å². The van der Waals surface area contributed by atoms with E-state index in [-0.39, 0.29) is 24.6 Å². The zero-order valence-electron chi connectivity index (χ0n) is 9.46. The van der Waals surface area contributed by atoms with Crippen molar-refractivity contribution in [1.29, 1.82) is 0 Å². The third kappa shape index (κ3) is 10.6. The maximum absolute atomic E-state index is 12.5. The van der Waals surface area contributed by atoms with Gasteiger partial charge in [0.05, 0.1) is 4.47 Å². The van der Waals surface area contributed by atoms with Gasteiger partial charge in [-0.25, -0.2) is 4.39 Å². The first-order valence-electron chi connectivity index (χ1n) is 4.31. The number of rotatable bonds is 0. The highest BCUT2D eigenvalue weighted by Crippen LogP contribution is 2.24. The molecular formula is C12H13Br2F5. The summed E-state index contributed by atoms with van der Waals surface area (Å²) in [5.41, 5.74) is 0. The van der Waals surface area contributed by atoms with Gasteiger partial charge in [0.25, 0.3) is 0 Å². The van der Waals surface area contributed by atoms with E-state index in [0.717, 1.165) is 4.47 Å². The second-order valence-electron chi connectivity index (χ2n) is 2.69. The molecule has 7 heteroatoms. The zero-order chi connectivity index (χ0) is 11.1. The van der Waals surface area contributed by atoms with Crippen molar-refractivity contribution in [2.45, 2.75) is 0 Å². The molecule has 0 N–H and O–H groups in total. The van der Waals surface area contributed by atoms with Crippen LogP contribution in [0.15, 0.2) is 63.5 Å². The monoisotopic (exact) mass is 410 g/mol. The maximum Gasteiger partial charge on any atom is 0.138 e. The number of benzene rings is 2. The summed E-state index contributed by atoms with van der Waals surface area (Å²) in [4.78, 5) is 0. The van der Waals surface area contributed by atoms with Crippen LogP contribution in [0.25, 0.3) is 0 Å². The van der Waals surface area contributed by atoms with Crippen molar-refractivity contribution in [3.05, 3.63) is 69.4 Å². The first-order valence-corrected chi connectivity index (χ1v) is 5.90. The maximum atomic E-state index is 12.5. The van der Waals surface area contributed by atoms with Crippen LogP contribution in [0.1, 0.15) is 0 Å². The third-order valence-corrected chi connectivity index (χ3v) is 3.57. The lowest BCUT2D eigenvalue weighted by Crippen LogP contribution is -1.75. The molecule has 0 saturated heterocycles. The Bertz CT molecular complexity index is 365. The second kappa shape index (κ2) is 15.1. The van der Waals surface area contributed by atoms with Gasteiger partial charge >= 0.3 is 0 Å². The molecule has 0 unspecified atom stereocenters. The van der Waals surface area contributed by atoms with Crippen LogP contribution in [0, 0.1) is 5.82 Å². The second-order valence-corrected chi connectivity index (χ2v) is 4.34. The van der Waals surface area contributed by atoms with E-state index in [9.17, 15) is 4.39 Å². The quantitative estimate of drug-likeness (QED) is 0.388. The van der Waals surface area contributed by atoms with Gasteiger partial charge in [-0.1, -0.05) is 42.5 Å². The summed E-state index contributed by atoms with van der Waals surface area (Å²) < 4.78 is 13.7. The largest absolute Gasteiger partial charge is 0.269 e. The SMILES string of the molecule is F.F.F.F.Fc1cccc(Br)c1Br.c1ccccc1. The molecule has 110 valence electrons. The summed E-state index contributed by atoms with van der Waals surface area (Å²) in [6.45, 7) is 0. The Labute approximate surface area is 124 Å². The van der Waals surface area contributed by atoms with Crippen LogP contribution in [0.3, 0.4) is 0 Å². The van der Waals surface area contributed by atoms with Crippen LogP contribution in [0.4, 0.5) is 23.2 Å². The predicted octanol–water partition coefficient (Wildman–Crippen LogP) is 5.65. The van der Waals surface area contributed by atoms with E-state index in [1.54, 1.807) is 12.1 Å². The Morgan fingerprint density at radius 3 is 1.26 bits per heavy atom. The highest BCUT2D eigenvalue weighted by atomic mass is 79.9. The highest BCUT2D eigenvalue weighted by Gasteiger charge is 1.99. The lowest BCUT2D eigenvalue weighted by Gasteiger charge is -1.93. The normalized spacial score (nSPS) is 7.11. The smallest absolute Gasteiger partial charge is 0.138 e. The summed E-state index contributed by atoms with van der Waals surface area (Å²) >= 11 is 6.22. The van der Waals surface area contributed by atoms with Crippen LogP contribution in [-0.2, 0) is 0 Å². The van der Waals surface area contributed by atoms with Gasteiger partial charge < -0.3 is 0 Å². The van der Waals surface area contributed by atoms with Crippen molar-refractivity contribution >= 4 is 31.9 Å². The Kier molecular flexibility index (Phi) is 21.1. The Balaban J connectivity index is -0.000000102. The molecule has 0 aliphatic carbocycles. The van der Waals surface area contributed by atoms with Crippen molar-refractivity contribution in [2.24, 2.45) is 0 Å². The van der Waals surface area contributed by atoms with Crippen molar-refractivity contribution < 1.29 is 23.2 Å². The van der Waals surface area contributed by atoms with E-state index in [1.165, 1.54) is 6.07 Å². The Hall–Kier alpha value is -0.950. The molecule has 2 aromatic rings. The van der Waals surface area contributed by atoms with Gasteiger partial charge in [-0.05, 0) is 44.0 Å². The molecule has 0 heterocycles. The minimum Gasteiger partial charge on any atom is -0.269 e. The molecule has 2 rings (SSSR count). The van der Waals surface area contributed by atoms with E-state index < -0.39 is 0 Å². The third-order valence-electron chi connectivity index (χ3n) is 1.57. The molecule has 0 amide bonds. The summed E-state index contributed by atoms with van der Waals surface area (Å²) in [7, 11) is 0. The molecule has 0 fully saturated rings. The van der Waals surface area contributed by atoms with Crippen LogP contribution in [0.5, 0.6) is 0 Å². The van der Waals surface area contributed by atoms with Gasteiger partial charge in [-0.15, -0.1) is 0 Å². The van der Waals surface area contributed by atoms with E-state index in [0.29, 0.717) is 4.47 Å². The molecule has 0 bridgehead atoms. The fourth-order valence-electron chi connectivity index (χ4n) is 0.862. The molecule has 0 spiro atoms. The highest BCUT2D eigenvalue weighted by molar-refractivity contribution is 9.13. The number of hydrogen-bond acceptors (Lipinski definition) is 0. The molecule has 0 aliphatic rings. The van der Waals surface area contributed by atoms with Crippen molar-refractivity contribution in [2.75, 3.05) is 0 Å². The lowest BCUT2D eigenvalue weighted by atomic mass is 10.4. The van der Waals surface area contributed by atoms with Crippen molar-refractivity contribution in [3.63, 3.8) is 0 Å². The van der Waals surface area contributed by atoms with E-state index >= 15 is 0 Å². The van der Waals surface area contributed by atoms with Crippen LogP contribution < -0.4 is 0 Å². The van der Waals surface area contributed by atoms with E-state index in [1.807, 2.05) is 36.4 Å². The summed E-state index contributed by atoms with van der Waals surface area (Å²) in [5, 5.41) is 0. The molecule has 0 atom stereocenters. The van der Waals surface area contributed by atoms with Crippen molar-refractivity contribution in [3.8, 4) is 0 Å². The molecule has 0 nitrogen and oxygen atoms in total. The van der Waals surface area contributed by atoms with Gasteiger partial charge in [0.2, 0.25) is 0 Å².